The Bertz CT molecular complexity index is 1150. The molecule has 1 aliphatic carbocycles. The summed E-state index contributed by atoms with van der Waals surface area (Å²) in [5.74, 6) is 1.77. The fraction of sp³-hybridized carbons (Fsp3) is 0.455. The molecular weight excluding hydrogens is 448 g/mol. The molecule has 2 aromatic heterocycles. The molecule has 8 nitrogen and oxygen atoms in total. The van der Waals surface area contributed by atoms with Crippen molar-refractivity contribution < 1.29 is 9.32 Å². The highest BCUT2D eigenvalue weighted by molar-refractivity contribution is 7.85. The monoisotopic (exact) mass is 470 g/mol. The van der Waals surface area contributed by atoms with Crippen LogP contribution in [0.2, 0.25) is 5.02 Å². The Balaban J connectivity index is 1.51. The second kappa shape index (κ2) is 8.43. The molecule has 2 N–H and O–H groups in total. The Morgan fingerprint density at radius 2 is 2.09 bits per heavy atom. The van der Waals surface area contributed by atoms with Crippen LogP contribution in [-0.4, -0.2) is 55.3 Å². The van der Waals surface area contributed by atoms with E-state index in [1.807, 2.05) is 0 Å². The lowest BCUT2D eigenvalue weighted by molar-refractivity contribution is 0.144. The molecule has 2 aromatic rings. The Labute approximate surface area is 193 Å². The summed E-state index contributed by atoms with van der Waals surface area (Å²) in [6.45, 7) is 1.20. The molecule has 5 rings (SSSR count). The van der Waals surface area contributed by atoms with Gasteiger partial charge >= 0.3 is 0 Å². The summed E-state index contributed by atoms with van der Waals surface area (Å²) in [6.07, 6.45) is 9.22. The van der Waals surface area contributed by atoms with Crippen molar-refractivity contribution in [2.24, 2.45) is 0 Å². The van der Waals surface area contributed by atoms with Gasteiger partial charge in [0, 0.05) is 37.7 Å². The molecule has 0 amide bonds. The van der Waals surface area contributed by atoms with Gasteiger partial charge in [-0.2, -0.15) is 5.26 Å². The number of fused-ring (bicyclic) bond motifs is 1. The standard InChI is InChI=1S/C22H23ClN6O2S/c23-15-11-25-20(26-12-15)14-2-7-29(8-3-14)21-16(10-24)18(28-22(13-30)5-1-6-22)19-17(27-21)4-9-32(19)31/h2,11-12,30H,1,3-9,13H2,(H,27,28)/t32-/m0/s1. The summed E-state index contributed by atoms with van der Waals surface area (Å²) in [6, 6.07) is 2.31. The highest BCUT2D eigenvalue weighted by Crippen LogP contribution is 2.42. The van der Waals surface area contributed by atoms with Crippen molar-refractivity contribution >= 4 is 39.5 Å². The van der Waals surface area contributed by atoms with Crippen molar-refractivity contribution in [1.82, 2.24) is 15.0 Å². The normalized spacial score (nSPS) is 21.3. The first-order valence-corrected chi connectivity index (χ1v) is 12.4. The second-order valence-corrected chi connectivity index (χ2v) is 10.4. The van der Waals surface area contributed by atoms with Crippen molar-refractivity contribution in [3.63, 3.8) is 0 Å². The topological polar surface area (TPSA) is 115 Å². The molecule has 0 spiro atoms. The van der Waals surface area contributed by atoms with Gasteiger partial charge in [-0.05, 0) is 31.3 Å². The zero-order valence-corrected chi connectivity index (χ0v) is 19.0. The Morgan fingerprint density at radius 3 is 2.69 bits per heavy atom. The Hall–Kier alpha value is -2.54. The van der Waals surface area contributed by atoms with Crippen LogP contribution in [0.15, 0.2) is 23.4 Å². The van der Waals surface area contributed by atoms with Gasteiger partial charge in [0.2, 0.25) is 0 Å². The van der Waals surface area contributed by atoms with Crippen LogP contribution in [0.5, 0.6) is 0 Å². The molecule has 0 aromatic carbocycles. The Morgan fingerprint density at radius 1 is 1.31 bits per heavy atom. The van der Waals surface area contributed by atoms with Gasteiger partial charge in [-0.25, -0.2) is 15.0 Å². The van der Waals surface area contributed by atoms with Crippen LogP contribution in [0.4, 0.5) is 11.5 Å². The maximum absolute atomic E-state index is 12.8. The summed E-state index contributed by atoms with van der Waals surface area (Å²) >= 11 is 5.89. The molecular formula is C22H23ClN6O2S. The smallest absolute Gasteiger partial charge is 0.154 e. The van der Waals surface area contributed by atoms with Crippen molar-refractivity contribution in [2.45, 2.75) is 42.5 Å². The third-order valence-electron chi connectivity index (χ3n) is 6.49. The zero-order chi connectivity index (χ0) is 22.3. The van der Waals surface area contributed by atoms with E-state index in [-0.39, 0.29) is 6.61 Å². The fourth-order valence-electron chi connectivity index (χ4n) is 4.50. The number of anilines is 2. The first-order valence-electron chi connectivity index (χ1n) is 10.7. The molecule has 3 aliphatic rings. The van der Waals surface area contributed by atoms with Gasteiger partial charge in [0.15, 0.2) is 5.82 Å². The first-order chi connectivity index (χ1) is 15.5. The van der Waals surface area contributed by atoms with E-state index in [0.29, 0.717) is 64.5 Å². The van der Waals surface area contributed by atoms with E-state index in [0.717, 1.165) is 30.5 Å². The third kappa shape index (κ3) is 3.66. The average molecular weight is 471 g/mol. The minimum Gasteiger partial charge on any atom is -0.394 e. The lowest BCUT2D eigenvalue weighted by atomic mass is 9.77. The number of hydrogen-bond acceptors (Lipinski definition) is 8. The van der Waals surface area contributed by atoms with Crippen molar-refractivity contribution in [2.75, 3.05) is 35.7 Å². The van der Waals surface area contributed by atoms with E-state index in [9.17, 15) is 14.6 Å². The number of rotatable bonds is 5. The van der Waals surface area contributed by atoms with Crippen LogP contribution in [0, 0.1) is 11.3 Å². The number of aromatic nitrogens is 3. The van der Waals surface area contributed by atoms with Crippen molar-refractivity contribution in [3.8, 4) is 6.07 Å². The molecule has 1 saturated carbocycles. The molecule has 2 aliphatic heterocycles. The molecule has 166 valence electrons. The number of hydrogen-bond donors (Lipinski definition) is 2. The summed E-state index contributed by atoms with van der Waals surface area (Å²) in [5, 5.41) is 24.0. The third-order valence-corrected chi connectivity index (χ3v) is 8.15. The van der Waals surface area contributed by atoms with Gasteiger partial charge in [0.05, 0.1) is 44.2 Å². The van der Waals surface area contributed by atoms with Crippen LogP contribution in [0.1, 0.15) is 42.8 Å². The molecule has 32 heavy (non-hydrogen) atoms. The van der Waals surface area contributed by atoms with E-state index >= 15 is 0 Å². The number of pyridine rings is 1. The van der Waals surface area contributed by atoms with E-state index in [4.69, 9.17) is 16.6 Å². The second-order valence-electron chi connectivity index (χ2n) is 8.44. The molecule has 0 radical (unpaired) electrons. The maximum atomic E-state index is 12.8. The van der Waals surface area contributed by atoms with Gasteiger partial charge in [-0.3, -0.25) is 4.21 Å². The lowest BCUT2D eigenvalue weighted by Gasteiger charge is -2.42. The largest absolute Gasteiger partial charge is 0.394 e. The van der Waals surface area contributed by atoms with Gasteiger partial charge < -0.3 is 15.3 Å². The van der Waals surface area contributed by atoms with Gasteiger partial charge in [-0.1, -0.05) is 17.7 Å². The summed E-state index contributed by atoms with van der Waals surface area (Å²) in [7, 11) is -1.20. The quantitative estimate of drug-likeness (QED) is 0.685. The number of nitrogens with one attached hydrogen (secondary N) is 1. The average Bonchev–Trinajstić information content (AvgIpc) is 3.17. The SMILES string of the molecule is N#Cc1c(N2CC=C(c3ncc(Cl)cn3)CC2)nc2c(c1NC1(CO)CCC1)[S@@](=O)CC2. The number of nitriles is 1. The van der Waals surface area contributed by atoms with Gasteiger partial charge in [0.1, 0.15) is 17.5 Å². The summed E-state index contributed by atoms with van der Waals surface area (Å²) < 4.78 is 12.8. The van der Waals surface area contributed by atoms with Crippen molar-refractivity contribution in [3.05, 3.63) is 40.6 Å². The van der Waals surface area contributed by atoms with Crippen LogP contribution < -0.4 is 10.2 Å². The minimum atomic E-state index is -1.20. The van der Waals surface area contributed by atoms with E-state index in [1.54, 1.807) is 12.4 Å². The van der Waals surface area contributed by atoms with Crippen LogP contribution in [0.25, 0.3) is 5.57 Å². The number of nitrogens with zero attached hydrogens (tertiary/aromatic N) is 5. The van der Waals surface area contributed by atoms with E-state index < -0.39 is 16.3 Å². The molecule has 10 heteroatoms. The number of aliphatic hydroxyl groups excluding tert-OH is 1. The van der Waals surface area contributed by atoms with Crippen LogP contribution in [-0.2, 0) is 17.2 Å². The zero-order valence-electron chi connectivity index (χ0n) is 17.5. The lowest BCUT2D eigenvalue weighted by Crippen LogP contribution is -2.48. The summed E-state index contributed by atoms with van der Waals surface area (Å²) in [4.78, 5) is 16.1. The predicted molar refractivity (Wildman–Crippen MR) is 123 cm³/mol. The van der Waals surface area contributed by atoms with Crippen LogP contribution in [0.3, 0.4) is 0 Å². The Kier molecular flexibility index (Phi) is 5.61. The molecule has 1 fully saturated rings. The van der Waals surface area contributed by atoms with Crippen molar-refractivity contribution in [1.29, 1.82) is 5.26 Å². The van der Waals surface area contributed by atoms with Gasteiger partial charge in [0.25, 0.3) is 0 Å². The highest BCUT2D eigenvalue weighted by Gasteiger charge is 2.40. The van der Waals surface area contributed by atoms with E-state index in [2.05, 4.69) is 32.3 Å². The number of aliphatic hydroxyl groups is 1. The fourth-order valence-corrected chi connectivity index (χ4v) is 5.97. The number of aryl methyl sites for hydroxylation is 1. The maximum Gasteiger partial charge on any atom is 0.154 e. The number of halogens is 1. The molecule has 1 atom stereocenters. The predicted octanol–water partition coefficient (Wildman–Crippen LogP) is 2.68. The minimum absolute atomic E-state index is 0.0200. The highest BCUT2D eigenvalue weighted by atomic mass is 35.5. The molecule has 0 bridgehead atoms. The van der Waals surface area contributed by atoms with Gasteiger partial charge in [-0.15, -0.1) is 0 Å². The molecule has 0 saturated heterocycles. The molecule has 0 unspecified atom stereocenters. The van der Waals surface area contributed by atoms with E-state index in [1.165, 1.54) is 0 Å². The first kappa shape index (κ1) is 21.3. The summed E-state index contributed by atoms with van der Waals surface area (Å²) in [5.41, 5.74) is 2.35. The van der Waals surface area contributed by atoms with Crippen LogP contribution >= 0.6 is 11.6 Å². The molecule has 4 heterocycles.